The van der Waals surface area contributed by atoms with Gasteiger partial charge in [-0.05, 0) is 15.9 Å². The van der Waals surface area contributed by atoms with Gasteiger partial charge in [-0.1, -0.05) is 15.9 Å². The van der Waals surface area contributed by atoms with Crippen molar-refractivity contribution in [3.63, 3.8) is 0 Å². The molecule has 0 bridgehead atoms. The van der Waals surface area contributed by atoms with Crippen LogP contribution in [0.25, 0.3) is 0 Å². The van der Waals surface area contributed by atoms with Crippen molar-refractivity contribution < 1.29 is 9.52 Å². The molecule has 0 amide bonds. The highest BCUT2D eigenvalue weighted by Crippen LogP contribution is 2.26. The summed E-state index contributed by atoms with van der Waals surface area (Å²) in [6.45, 7) is 0. The highest BCUT2D eigenvalue weighted by Gasteiger charge is 2.07. The summed E-state index contributed by atoms with van der Waals surface area (Å²) in [4.78, 5) is 10.7. The first kappa shape index (κ1) is 8.80. The van der Waals surface area contributed by atoms with Crippen molar-refractivity contribution in [3.05, 3.63) is 26.7 Å². The molecule has 0 saturated heterocycles. The maximum Gasteiger partial charge on any atom is 0.339 e. The van der Waals surface area contributed by atoms with Gasteiger partial charge in [0.2, 0.25) is 0 Å². The molecule has 0 atom stereocenters. The van der Waals surface area contributed by atoms with E-state index in [1.807, 2.05) is 0 Å². The minimum Gasteiger partial charge on any atom is -0.506 e. The molecule has 0 aliphatic heterocycles. The van der Waals surface area contributed by atoms with Gasteiger partial charge in [0.1, 0.15) is 11.5 Å². The van der Waals surface area contributed by atoms with E-state index in [-0.39, 0.29) is 5.75 Å². The molecular formula is C6H4Br2O3. The van der Waals surface area contributed by atoms with Crippen LogP contribution >= 0.6 is 31.9 Å². The van der Waals surface area contributed by atoms with Crippen LogP contribution in [0.4, 0.5) is 0 Å². The minimum atomic E-state index is -0.555. The predicted molar refractivity (Wildman–Crippen MR) is 47.0 cm³/mol. The van der Waals surface area contributed by atoms with E-state index in [0.29, 0.717) is 15.6 Å². The van der Waals surface area contributed by atoms with Gasteiger partial charge in [0, 0.05) is 0 Å². The van der Waals surface area contributed by atoms with Crippen LogP contribution < -0.4 is 5.63 Å². The highest BCUT2D eigenvalue weighted by molar-refractivity contribution is 9.10. The van der Waals surface area contributed by atoms with Crippen molar-refractivity contribution in [2.75, 3.05) is 0 Å². The number of hydrogen-bond acceptors (Lipinski definition) is 3. The van der Waals surface area contributed by atoms with Gasteiger partial charge >= 0.3 is 5.63 Å². The summed E-state index contributed by atoms with van der Waals surface area (Å²) in [5, 5.41) is 9.47. The lowest BCUT2D eigenvalue weighted by atomic mass is 10.4. The van der Waals surface area contributed by atoms with Crippen molar-refractivity contribution in [1.29, 1.82) is 0 Å². The Morgan fingerprint density at radius 3 is 2.82 bits per heavy atom. The van der Waals surface area contributed by atoms with E-state index in [0.717, 1.165) is 6.07 Å². The van der Waals surface area contributed by atoms with E-state index >= 15 is 0 Å². The molecule has 5 heteroatoms. The zero-order valence-electron chi connectivity index (χ0n) is 5.30. The zero-order valence-corrected chi connectivity index (χ0v) is 8.48. The molecule has 0 aliphatic rings. The number of aromatic hydroxyl groups is 1. The molecule has 0 aliphatic carbocycles. The standard InChI is InChI=1S/C6H4Br2O3/c7-2-4-6(8)3(9)1-5(10)11-4/h1,9H,2H2. The first-order chi connectivity index (χ1) is 5.15. The Morgan fingerprint density at radius 1 is 1.64 bits per heavy atom. The fourth-order valence-corrected chi connectivity index (χ4v) is 1.71. The summed E-state index contributed by atoms with van der Waals surface area (Å²) < 4.78 is 5.14. The summed E-state index contributed by atoms with van der Waals surface area (Å²) in [5.74, 6) is 0.283. The van der Waals surface area contributed by atoms with Crippen LogP contribution in [-0.2, 0) is 5.33 Å². The van der Waals surface area contributed by atoms with Crippen LogP contribution in [-0.4, -0.2) is 5.11 Å². The minimum absolute atomic E-state index is 0.101. The summed E-state index contributed by atoms with van der Waals surface area (Å²) in [6, 6.07) is 1.01. The molecule has 0 fully saturated rings. The quantitative estimate of drug-likeness (QED) is 0.802. The van der Waals surface area contributed by atoms with Gasteiger partial charge in [-0.15, -0.1) is 0 Å². The maximum atomic E-state index is 10.7. The third-order valence-corrected chi connectivity index (χ3v) is 2.43. The second-order valence-corrected chi connectivity index (χ2v) is 3.18. The average Bonchev–Trinajstić information content (AvgIpc) is 1.96. The number of alkyl halides is 1. The summed E-state index contributed by atoms with van der Waals surface area (Å²) in [7, 11) is 0. The molecule has 1 N–H and O–H groups in total. The molecule has 11 heavy (non-hydrogen) atoms. The highest BCUT2D eigenvalue weighted by atomic mass is 79.9. The summed E-state index contributed by atoms with van der Waals surface area (Å²) in [6.07, 6.45) is 0. The molecule has 1 aromatic rings. The van der Waals surface area contributed by atoms with Gasteiger partial charge in [-0.3, -0.25) is 0 Å². The van der Waals surface area contributed by atoms with Crippen LogP contribution in [0.5, 0.6) is 5.75 Å². The smallest absolute Gasteiger partial charge is 0.339 e. The molecule has 0 aromatic carbocycles. The molecule has 0 saturated carbocycles. The molecule has 0 unspecified atom stereocenters. The fraction of sp³-hybridized carbons (Fsp3) is 0.167. The van der Waals surface area contributed by atoms with Crippen molar-refractivity contribution in [3.8, 4) is 5.75 Å². The predicted octanol–water partition coefficient (Wildman–Crippen LogP) is 2.00. The molecule has 1 heterocycles. The van der Waals surface area contributed by atoms with Crippen LogP contribution in [0.3, 0.4) is 0 Å². The van der Waals surface area contributed by atoms with Gasteiger partial charge in [-0.2, -0.15) is 0 Å². The van der Waals surface area contributed by atoms with E-state index in [9.17, 15) is 4.79 Å². The second kappa shape index (κ2) is 3.40. The first-order valence-corrected chi connectivity index (χ1v) is 4.64. The van der Waals surface area contributed by atoms with Gasteiger partial charge in [0.15, 0.2) is 0 Å². The molecule has 60 valence electrons. The van der Waals surface area contributed by atoms with Gasteiger partial charge in [0.25, 0.3) is 0 Å². The second-order valence-electron chi connectivity index (χ2n) is 1.82. The largest absolute Gasteiger partial charge is 0.506 e. The summed E-state index contributed by atoms with van der Waals surface area (Å²) in [5.41, 5.74) is -0.555. The van der Waals surface area contributed by atoms with Crippen molar-refractivity contribution in [2.24, 2.45) is 0 Å². The maximum absolute atomic E-state index is 10.7. The van der Waals surface area contributed by atoms with E-state index in [4.69, 9.17) is 9.52 Å². The Labute approximate surface area is 79.3 Å². The molecule has 1 aromatic heterocycles. The SMILES string of the molecule is O=c1cc(O)c(Br)c(CBr)o1. The summed E-state index contributed by atoms with van der Waals surface area (Å²) >= 11 is 6.16. The average molecular weight is 284 g/mol. The van der Waals surface area contributed by atoms with Crippen molar-refractivity contribution in [1.82, 2.24) is 0 Å². The lowest BCUT2D eigenvalue weighted by molar-refractivity contribution is 0.427. The Hall–Kier alpha value is -0.290. The topological polar surface area (TPSA) is 50.4 Å². The van der Waals surface area contributed by atoms with E-state index in [1.165, 1.54) is 0 Å². The normalized spacial score (nSPS) is 10.0. The third-order valence-electron chi connectivity index (χ3n) is 1.07. The molecule has 1 rings (SSSR count). The number of hydrogen-bond donors (Lipinski definition) is 1. The lowest BCUT2D eigenvalue weighted by Gasteiger charge is -1.98. The molecule has 0 spiro atoms. The van der Waals surface area contributed by atoms with E-state index < -0.39 is 5.63 Å². The Morgan fingerprint density at radius 2 is 2.27 bits per heavy atom. The molecule has 3 nitrogen and oxygen atoms in total. The Bertz CT molecular complexity index is 318. The Balaban J connectivity index is 3.36. The van der Waals surface area contributed by atoms with Crippen LogP contribution in [0.15, 0.2) is 19.8 Å². The van der Waals surface area contributed by atoms with Crippen LogP contribution in [0.2, 0.25) is 0 Å². The molecule has 0 radical (unpaired) electrons. The fourth-order valence-electron chi connectivity index (χ4n) is 0.599. The molecular weight excluding hydrogens is 280 g/mol. The third kappa shape index (κ3) is 1.84. The van der Waals surface area contributed by atoms with Crippen molar-refractivity contribution in [2.45, 2.75) is 5.33 Å². The monoisotopic (exact) mass is 282 g/mol. The van der Waals surface area contributed by atoms with E-state index in [1.54, 1.807) is 0 Å². The van der Waals surface area contributed by atoms with Crippen molar-refractivity contribution >= 4 is 31.9 Å². The van der Waals surface area contributed by atoms with Crippen LogP contribution in [0, 0.1) is 0 Å². The number of rotatable bonds is 1. The Kier molecular flexibility index (Phi) is 2.72. The number of halogens is 2. The van der Waals surface area contributed by atoms with E-state index in [2.05, 4.69) is 31.9 Å². The van der Waals surface area contributed by atoms with Gasteiger partial charge < -0.3 is 9.52 Å². The van der Waals surface area contributed by atoms with Gasteiger partial charge in [0.05, 0.1) is 15.9 Å². The first-order valence-electron chi connectivity index (χ1n) is 2.72. The van der Waals surface area contributed by atoms with Crippen LogP contribution in [0.1, 0.15) is 5.76 Å². The van der Waals surface area contributed by atoms with Gasteiger partial charge in [-0.25, -0.2) is 4.79 Å². The zero-order chi connectivity index (χ0) is 8.43. The lowest BCUT2D eigenvalue weighted by Crippen LogP contribution is -1.98.